The Bertz CT molecular complexity index is 1830. The van der Waals surface area contributed by atoms with Gasteiger partial charge in [0.1, 0.15) is 11.2 Å². The van der Waals surface area contributed by atoms with Crippen molar-refractivity contribution >= 4 is 73.9 Å². The maximum atomic E-state index is 11.9. The van der Waals surface area contributed by atoms with E-state index < -0.39 is 19.7 Å². The molecule has 0 fully saturated rings. The first-order chi connectivity index (χ1) is 15.1. The van der Waals surface area contributed by atoms with E-state index >= 15 is 0 Å². The van der Waals surface area contributed by atoms with Gasteiger partial charge in [-0.15, -0.1) is 0 Å². The van der Waals surface area contributed by atoms with Gasteiger partial charge in [0.2, 0.25) is 29.9 Å². The second kappa shape index (κ2) is 6.11. The molecular formula is C24H16O6S2. The average molecular weight is 465 g/mol. The Morgan fingerprint density at radius 1 is 0.469 bits per heavy atom. The van der Waals surface area contributed by atoms with Crippen LogP contribution in [0.3, 0.4) is 0 Å². The summed E-state index contributed by atoms with van der Waals surface area (Å²) >= 11 is 0. The molecule has 0 unspecified atom stereocenters. The number of furan rings is 2. The minimum absolute atomic E-state index is 0.0531. The number of rotatable bonds is 2. The van der Waals surface area contributed by atoms with Crippen molar-refractivity contribution in [3.8, 4) is 0 Å². The molecule has 0 N–H and O–H groups in total. The van der Waals surface area contributed by atoms with Crippen molar-refractivity contribution in [1.29, 1.82) is 0 Å². The predicted octanol–water partition coefficient (Wildman–Crippen LogP) is 5.45. The van der Waals surface area contributed by atoms with E-state index in [-0.39, 0.29) is 10.2 Å². The van der Waals surface area contributed by atoms with Crippen LogP contribution in [0, 0.1) is 0 Å². The molecule has 6 nitrogen and oxygen atoms in total. The van der Waals surface area contributed by atoms with Crippen molar-refractivity contribution in [1.82, 2.24) is 0 Å². The van der Waals surface area contributed by atoms with Crippen LogP contribution in [0.25, 0.3) is 54.3 Å². The molecule has 0 saturated carbocycles. The van der Waals surface area contributed by atoms with Gasteiger partial charge in [-0.2, -0.15) is 0 Å². The van der Waals surface area contributed by atoms with E-state index in [1.807, 2.05) is 36.4 Å². The van der Waals surface area contributed by atoms with Gasteiger partial charge in [-0.05, 0) is 44.5 Å². The third-order valence-electron chi connectivity index (χ3n) is 5.87. The summed E-state index contributed by atoms with van der Waals surface area (Å²) in [5, 5.41) is 7.14. The van der Waals surface area contributed by atoms with Crippen molar-refractivity contribution in [3.05, 3.63) is 60.7 Å². The number of benzene rings is 4. The van der Waals surface area contributed by atoms with Crippen LogP contribution in [-0.4, -0.2) is 29.3 Å². The van der Waals surface area contributed by atoms with Gasteiger partial charge in [-0.3, -0.25) is 0 Å². The van der Waals surface area contributed by atoms with Crippen LogP contribution < -0.4 is 0 Å². The molecular weight excluding hydrogens is 448 g/mol. The molecule has 0 radical (unpaired) electrons. The van der Waals surface area contributed by atoms with Gasteiger partial charge >= 0.3 is 0 Å². The predicted molar refractivity (Wildman–Crippen MR) is 125 cm³/mol. The third kappa shape index (κ3) is 2.69. The monoisotopic (exact) mass is 464 g/mol. The Kier molecular flexibility index (Phi) is 3.69. The number of sulfone groups is 2. The molecule has 2 heterocycles. The van der Waals surface area contributed by atoms with Crippen molar-refractivity contribution in [2.45, 2.75) is 10.2 Å². The molecule has 0 aliphatic heterocycles. The summed E-state index contributed by atoms with van der Waals surface area (Å²) in [4.78, 5) is 0. The molecule has 0 aliphatic rings. The van der Waals surface area contributed by atoms with E-state index in [1.165, 1.54) is 0 Å². The maximum Gasteiger partial charge on any atom is 0.219 e. The van der Waals surface area contributed by atoms with Crippen LogP contribution in [-0.2, 0) is 19.7 Å². The molecule has 6 aromatic rings. The molecule has 0 bridgehead atoms. The molecule has 0 aliphatic carbocycles. The van der Waals surface area contributed by atoms with Crippen LogP contribution in [0.2, 0.25) is 0 Å². The van der Waals surface area contributed by atoms with Gasteiger partial charge in [0.25, 0.3) is 0 Å². The average Bonchev–Trinajstić information content (AvgIpc) is 3.37. The topological polar surface area (TPSA) is 94.6 Å². The minimum Gasteiger partial charge on any atom is -0.445 e. The lowest BCUT2D eigenvalue weighted by atomic mass is 9.95. The zero-order chi connectivity index (χ0) is 22.4. The standard InChI is InChI=1S/C24H16O6S2/c1-31(25,26)23-11-19-17-5-3-14-13(15(17)7-9-21(19)29-23)4-6-18-16(14)8-10-22-20(18)12-24(30-22)32(2,27)28/h3-12H,1-2H3. The minimum atomic E-state index is -3.45. The number of hydrogen-bond donors (Lipinski definition) is 0. The first kappa shape index (κ1) is 19.3. The van der Waals surface area contributed by atoms with Gasteiger partial charge in [0, 0.05) is 35.4 Å². The summed E-state index contributed by atoms with van der Waals surface area (Å²) < 4.78 is 58.8. The lowest BCUT2D eigenvalue weighted by Crippen LogP contribution is -1.93. The molecule has 0 amide bonds. The molecule has 6 rings (SSSR count). The lowest BCUT2D eigenvalue weighted by Gasteiger charge is -2.08. The Morgan fingerprint density at radius 2 is 0.750 bits per heavy atom. The van der Waals surface area contributed by atoms with Crippen LogP contribution in [0.15, 0.2) is 79.7 Å². The molecule has 32 heavy (non-hydrogen) atoms. The Hall–Kier alpha value is -3.36. The summed E-state index contributed by atoms with van der Waals surface area (Å²) in [5.74, 6) is 0. The van der Waals surface area contributed by atoms with E-state index in [1.54, 1.807) is 24.3 Å². The quantitative estimate of drug-likeness (QED) is 0.317. The lowest BCUT2D eigenvalue weighted by molar-refractivity contribution is 0.484. The number of hydrogen-bond acceptors (Lipinski definition) is 6. The molecule has 4 aromatic carbocycles. The van der Waals surface area contributed by atoms with E-state index in [0.717, 1.165) is 55.6 Å². The smallest absolute Gasteiger partial charge is 0.219 e. The molecule has 0 spiro atoms. The Labute approximate surface area is 182 Å². The summed E-state index contributed by atoms with van der Waals surface area (Å²) in [6.45, 7) is 0. The van der Waals surface area contributed by atoms with Crippen molar-refractivity contribution < 1.29 is 25.7 Å². The fraction of sp³-hybridized carbons (Fsp3) is 0.0833. The van der Waals surface area contributed by atoms with Crippen molar-refractivity contribution in [3.63, 3.8) is 0 Å². The van der Waals surface area contributed by atoms with Crippen LogP contribution in [0.1, 0.15) is 0 Å². The molecule has 160 valence electrons. The molecule has 0 atom stereocenters. The van der Waals surface area contributed by atoms with Gasteiger partial charge in [0.15, 0.2) is 0 Å². The molecule has 0 saturated heterocycles. The number of fused-ring (bicyclic) bond motifs is 9. The summed E-state index contributed by atoms with van der Waals surface area (Å²) in [5.41, 5.74) is 1.04. The second-order valence-electron chi connectivity index (χ2n) is 8.05. The first-order valence-electron chi connectivity index (χ1n) is 9.76. The highest BCUT2D eigenvalue weighted by Gasteiger charge is 2.18. The Morgan fingerprint density at radius 3 is 1.06 bits per heavy atom. The largest absolute Gasteiger partial charge is 0.445 e. The summed E-state index contributed by atoms with van der Waals surface area (Å²) in [6, 6.07) is 18.5. The van der Waals surface area contributed by atoms with E-state index in [4.69, 9.17) is 8.83 Å². The summed E-state index contributed by atoms with van der Waals surface area (Å²) in [6.07, 6.45) is 2.25. The van der Waals surface area contributed by atoms with Crippen LogP contribution in [0.4, 0.5) is 0 Å². The highest BCUT2D eigenvalue weighted by Crippen LogP contribution is 2.38. The fourth-order valence-corrected chi connectivity index (χ4v) is 5.54. The van der Waals surface area contributed by atoms with Crippen LogP contribution >= 0.6 is 0 Å². The van der Waals surface area contributed by atoms with Crippen molar-refractivity contribution in [2.75, 3.05) is 12.5 Å². The molecule has 2 aromatic heterocycles. The zero-order valence-electron chi connectivity index (χ0n) is 17.0. The van der Waals surface area contributed by atoms with Crippen LogP contribution in [0.5, 0.6) is 0 Å². The van der Waals surface area contributed by atoms with Gasteiger partial charge in [0.05, 0.1) is 0 Å². The highest BCUT2D eigenvalue weighted by atomic mass is 32.2. The third-order valence-corrected chi connectivity index (χ3v) is 7.74. The maximum absolute atomic E-state index is 11.9. The van der Waals surface area contributed by atoms with Gasteiger partial charge in [-0.25, -0.2) is 16.8 Å². The fourth-order valence-electron chi connectivity index (χ4n) is 4.40. The summed E-state index contributed by atoms with van der Waals surface area (Å²) in [7, 11) is -6.90. The van der Waals surface area contributed by atoms with E-state index in [0.29, 0.717) is 11.2 Å². The highest BCUT2D eigenvalue weighted by molar-refractivity contribution is 7.90. The normalized spacial score (nSPS) is 13.2. The molecule has 8 heteroatoms. The SMILES string of the molecule is CS(=O)(=O)c1cc2c(ccc3c2ccc2c4ccc5oc(S(C)(=O)=O)cc5c4ccc32)o1. The van der Waals surface area contributed by atoms with Gasteiger partial charge < -0.3 is 8.83 Å². The van der Waals surface area contributed by atoms with E-state index in [9.17, 15) is 16.8 Å². The first-order valence-corrected chi connectivity index (χ1v) is 13.5. The van der Waals surface area contributed by atoms with E-state index in [2.05, 4.69) is 0 Å². The van der Waals surface area contributed by atoms with Gasteiger partial charge in [-0.1, -0.05) is 36.4 Å². The Balaban J connectivity index is 1.69. The second-order valence-corrected chi connectivity index (χ2v) is 11.9. The van der Waals surface area contributed by atoms with Crippen molar-refractivity contribution in [2.24, 2.45) is 0 Å². The zero-order valence-corrected chi connectivity index (χ0v) is 18.7.